The van der Waals surface area contributed by atoms with E-state index in [4.69, 9.17) is 0 Å². The molecular formula is C38H27NS. The molecular weight excluding hydrogens is 502 g/mol. The predicted molar refractivity (Wildman–Crippen MR) is 170 cm³/mol. The molecule has 0 spiro atoms. The molecule has 0 bridgehead atoms. The molecule has 0 saturated carbocycles. The third kappa shape index (κ3) is 3.87. The Kier molecular flexibility index (Phi) is 5.60. The summed E-state index contributed by atoms with van der Waals surface area (Å²) in [7, 11) is 0. The number of hydrogen-bond donors (Lipinski definition) is 0. The van der Waals surface area contributed by atoms with Crippen molar-refractivity contribution in [3.63, 3.8) is 0 Å². The first-order valence-corrected chi connectivity index (χ1v) is 14.7. The smallest absolute Gasteiger partial charge is 0.0552 e. The van der Waals surface area contributed by atoms with Crippen molar-refractivity contribution >= 4 is 33.6 Å². The summed E-state index contributed by atoms with van der Waals surface area (Å²) in [5.74, 6) is 0. The molecule has 0 fully saturated rings. The van der Waals surface area contributed by atoms with Crippen LogP contribution in [-0.2, 0) is 6.42 Å². The fraction of sp³-hybridized carbons (Fsp3) is 0.0526. The summed E-state index contributed by atoms with van der Waals surface area (Å²) in [6.07, 6.45) is 1.07. The Labute approximate surface area is 238 Å². The molecule has 2 heteroatoms. The van der Waals surface area contributed by atoms with Crippen LogP contribution in [0.5, 0.6) is 0 Å². The molecule has 1 aliphatic rings. The standard InChI is InChI=1S/C38H27NS/c1-4-12-26(13-5-1)30-22-31(27-14-6-2-7-15-27)24-32(23-30)39-34-19-11-10-18-33(34)37-35(39)21-20-29-25-36(40-38(29)37)28-16-8-3-9-17-28/h1-24,36H,25H2. The Morgan fingerprint density at radius 1 is 0.525 bits per heavy atom. The van der Waals surface area contributed by atoms with Crippen LogP contribution in [0.25, 0.3) is 49.7 Å². The molecule has 0 radical (unpaired) electrons. The van der Waals surface area contributed by atoms with E-state index >= 15 is 0 Å². The van der Waals surface area contributed by atoms with Crippen LogP contribution < -0.4 is 0 Å². The lowest BCUT2D eigenvalue weighted by Crippen LogP contribution is -1.96. The predicted octanol–water partition coefficient (Wildman–Crippen LogP) is 10.5. The zero-order chi connectivity index (χ0) is 26.5. The average Bonchev–Trinajstić information content (AvgIpc) is 3.62. The molecule has 190 valence electrons. The van der Waals surface area contributed by atoms with E-state index in [1.54, 1.807) is 0 Å². The second-order valence-corrected chi connectivity index (χ2v) is 11.7. The summed E-state index contributed by atoms with van der Waals surface area (Å²) in [5, 5.41) is 3.15. The number of fused-ring (bicyclic) bond motifs is 5. The highest BCUT2D eigenvalue weighted by molar-refractivity contribution is 8.00. The second kappa shape index (κ2) is 9.59. The molecule has 1 atom stereocenters. The van der Waals surface area contributed by atoms with Gasteiger partial charge >= 0.3 is 0 Å². The maximum absolute atomic E-state index is 2.47. The van der Waals surface area contributed by atoms with Gasteiger partial charge in [-0.05, 0) is 70.1 Å². The molecule has 0 amide bonds. The van der Waals surface area contributed by atoms with Gasteiger partial charge in [0.05, 0.1) is 11.0 Å². The van der Waals surface area contributed by atoms with Gasteiger partial charge in [0.1, 0.15) is 0 Å². The van der Waals surface area contributed by atoms with Crippen LogP contribution >= 0.6 is 11.8 Å². The fourth-order valence-corrected chi connectivity index (χ4v) is 7.69. The maximum atomic E-state index is 2.47. The van der Waals surface area contributed by atoms with Crippen LogP contribution in [0.3, 0.4) is 0 Å². The minimum atomic E-state index is 0.454. The Bertz CT molecular complexity index is 1930. The Morgan fingerprint density at radius 3 is 1.80 bits per heavy atom. The lowest BCUT2D eigenvalue weighted by Gasteiger charge is -2.14. The van der Waals surface area contributed by atoms with Crippen molar-refractivity contribution in [1.82, 2.24) is 4.57 Å². The first-order chi connectivity index (χ1) is 19.8. The Morgan fingerprint density at radius 2 is 1.12 bits per heavy atom. The number of nitrogens with zero attached hydrogens (tertiary/aromatic N) is 1. The highest BCUT2D eigenvalue weighted by Crippen LogP contribution is 2.51. The van der Waals surface area contributed by atoms with E-state index in [1.165, 1.54) is 65.8 Å². The third-order valence-electron chi connectivity index (χ3n) is 8.10. The van der Waals surface area contributed by atoms with Crippen LogP contribution in [0, 0.1) is 0 Å². The summed E-state index contributed by atoms with van der Waals surface area (Å²) in [6, 6.07) is 53.0. The molecule has 0 aliphatic carbocycles. The van der Waals surface area contributed by atoms with E-state index in [0.29, 0.717) is 5.25 Å². The van der Waals surface area contributed by atoms with Crippen molar-refractivity contribution in [3.05, 3.63) is 157 Å². The van der Waals surface area contributed by atoms with Crippen molar-refractivity contribution in [3.8, 4) is 27.9 Å². The van der Waals surface area contributed by atoms with Gasteiger partial charge in [0.2, 0.25) is 0 Å². The van der Waals surface area contributed by atoms with Crippen molar-refractivity contribution in [1.29, 1.82) is 0 Å². The summed E-state index contributed by atoms with van der Waals surface area (Å²) in [6.45, 7) is 0. The first kappa shape index (κ1) is 23.4. The highest BCUT2D eigenvalue weighted by atomic mass is 32.2. The first-order valence-electron chi connectivity index (χ1n) is 13.9. The van der Waals surface area contributed by atoms with E-state index in [2.05, 4.69) is 150 Å². The van der Waals surface area contributed by atoms with Crippen LogP contribution in [-0.4, -0.2) is 4.57 Å². The number of para-hydroxylation sites is 1. The summed E-state index contributed by atoms with van der Waals surface area (Å²) in [5.41, 5.74) is 11.5. The van der Waals surface area contributed by atoms with Gasteiger partial charge in [-0.3, -0.25) is 0 Å². The lowest BCUT2D eigenvalue weighted by atomic mass is 9.98. The summed E-state index contributed by atoms with van der Waals surface area (Å²) < 4.78 is 2.47. The van der Waals surface area contributed by atoms with E-state index in [0.717, 1.165) is 6.42 Å². The zero-order valence-electron chi connectivity index (χ0n) is 22.0. The Hall–Kier alpha value is -4.53. The molecule has 1 unspecified atom stereocenters. The van der Waals surface area contributed by atoms with Crippen LogP contribution in [0.1, 0.15) is 16.4 Å². The number of rotatable bonds is 4. The molecule has 2 heterocycles. The molecule has 0 saturated heterocycles. The SMILES string of the molecule is c1ccc(-c2cc(-c3ccccc3)cc(-n3c4ccccc4c4c5c(ccc43)CC(c3ccccc3)S5)c2)cc1. The largest absolute Gasteiger partial charge is 0.309 e. The van der Waals surface area contributed by atoms with Gasteiger partial charge in [-0.1, -0.05) is 115 Å². The third-order valence-corrected chi connectivity index (χ3v) is 9.52. The van der Waals surface area contributed by atoms with Gasteiger partial charge < -0.3 is 4.57 Å². The molecule has 1 nitrogen and oxygen atoms in total. The van der Waals surface area contributed by atoms with Crippen molar-refractivity contribution in [2.45, 2.75) is 16.6 Å². The highest BCUT2D eigenvalue weighted by Gasteiger charge is 2.28. The van der Waals surface area contributed by atoms with E-state index < -0.39 is 0 Å². The molecule has 6 aromatic carbocycles. The molecule has 1 aromatic heterocycles. The molecule has 7 aromatic rings. The summed E-state index contributed by atoms with van der Waals surface area (Å²) in [4.78, 5) is 1.43. The van der Waals surface area contributed by atoms with Crippen molar-refractivity contribution in [2.75, 3.05) is 0 Å². The van der Waals surface area contributed by atoms with Crippen molar-refractivity contribution < 1.29 is 0 Å². The minimum Gasteiger partial charge on any atom is -0.309 e. The quantitative estimate of drug-likeness (QED) is 0.219. The van der Waals surface area contributed by atoms with Crippen LogP contribution in [0.15, 0.2) is 150 Å². The van der Waals surface area contributed by atoms with E-state index in [1.807, 2.05) is 11.8 Å². The molecule has 1 aliphatic heterocycles. The number of hydrogen-bond acceptors (Lipinski definition) is 1. The zero-order valence-corrected chi connectivity index (χ0v) is 22.8. The van der Waals surface area contributed by atoms with Crippen LogP contribution in [0.2, 0.25) is 0 Å². The number of thioether (sulfide) groups is 1. The van der Waals surface area contributed by atoms with Crippen molar-refractivity contribution in [2.24, 2.45) is 0 Å². The van der Waals surface area contributed by atoms with Gasteiger partial charge in [0.15, 0.2) is 0 Å². The average molecular weight is 530 g/mol. The van der Waals surface area contributed by atoms with E-state index in [-0.39, 0.29) is 0 Å². The number of benzene rings is 6. The van der Waals surface area contributed by atoms with Gasteiger partial charge in [0, 0.05) is 26.6 Å². The maximum Gasteiger partial charge on any atom is 0.0552 e. The minimum absolute atomic E-state index is 0.454. The molecule has 0 N–H and O–H groups in total. The Balaban J connectivity index is 1.37. The van der Waals surface area contributed by atoms with Gasteiger partial charge in [-0.15, -0.1) is 11.8 Å². The van der Waals surface area contributed by atoms with E-state index in [9.17, 15) is 0 Å². The van der Waals surface area contributed by atoms with Gasteiger partial charge in [-0.2, -0.15) is 0 Å². The summed E-state index contributed by atoms with van der Waals surface area (Å²) >= 11 is 2.03. The number of aromatic nitrogens is 1. The molecule has 40 heavy (non-hydrogen) atoms. The monoisotopic (exact) mass is 529 g/mol. The van der Waals surface area contributed by atoms with Gasteiger partial charge in [0.25, 0.3) is 0 Å². The fourth-order valence-electron chi connectivity index (χ4n) is 6.22. The normalized spacial score (nSPS) is 14.6. The van der Waals surface area contributed by atoms with Gasteiger partial charge in [-0.25, -0.2) is 0 Å². The second-order valence-electron chi connectivity index (χ2n) is 10.5. The topological polar surface area (TPSA) is 4.93 Å². The molecule has 8 rings (SSSR count). The lowest BCUT2D eigenvalue weighted by molar-refractivity contribution is 0.951. The van der Waals surface area contributed by atoms with Crippen LogP contribution in [0.4, 0.5) is 0 Å².